The minimum absolute atomic E-state index is 0.108. The fourth-order valence-corrected chi connectivity index (χ4v) is 2.19. The molecule has 110 valence electrons. The topological polar surface area (TPSA) is 75.3 Å². The lowest BCUT2D eigenvalue weighted by Crippen LogP contribution is -2.28. The van der Waals surface area contributed by atoms with Gasteiger partial charge in [-0.3, -0.25) is 4.79 Å². The van der Waals surface area contributed by atoms with Gasteiger partial charge in [0, 0.05) is 22.3 Å². The van der Waals surface area contributed by atoms with Crippen molar-refractivity contribution >= 4 is 39.1 Å². The number of nitrogen functional groups attached to an aromatic ring is 1. The fourth-order valence-electron chi connectivity index (χ4n) is 1.76. The molecule has 0 saturated heterocycles. The zero-order chi connectivity index (χ0) is 15.4. The molecule has 1 atom stereocenters. The second-order valence-electron chi connectivity index (χ2n) is 4.52. The van der Waals surface area contributed by atoms with Gasteiger partial charge in [0.1, 0.15) is 0 Å². The predicted molar refractivity (Wildman–Crippen MR) is 87.3 cm³/mol. The Hall–Kier alpha value is -1.56. The summed E-state index contributed by atoms with van der Waals surface area (Å²) < 4.78 is 0.725. The summed E-state index contributed by atoms with van der Waals surface area (Å²) >= 11 is 9.21. The van der Waals surface area contributed by atoms with Gasteiger partial charge in [-0.05, 0) is 51.8 Å². The van der Waals surface area contributed by atoms with Crippen molar-refractivity contribution in [3.05, 3.63) is 63.1 Å². The van der Waals surface area contributed by atoms with Gasteiger partial charge < -0.3 is 16.2 Å². The van der Waals surface area contributed by atoms with Gasteiger partial charge in [0.05, 0.1) is 11.1 Å². The van der Waals surface area contributed by atoms with Gasteiger partial charge in [0.2, 0.25) is 0 Å². The molecule has 1 amide bonds. The van der Waals surface area contributed by atoms with E-state index in [1.807, 2.05) is 0 Å². The Morgan fingerprint density at radius 1 is 1.29 bits per heavy atom. The standard InChI is InChI=1S/C15H14BrClN2O2/c16-12-6-3-10(7-13(12)17)15(21)19-8-14(20)9-1-4-11(18)5-2-9/h1-7,14,20H,8,18H2,(H,19,21). The van der Waals surface area contributed by atoms with E-state index in [0.717, 1.165) is 4.47 Å². The van der Waals surface area contributed by atoms with Crippen LogP contribution in [-0.2, 0) is 0 Å². The van der Waals surface area contributed by atoms with Crippen LogP contribution in [0.15, 0.2) is 46.9 Å². The van der Waals surface area contributed by atoms with E-state index in [1.54, 1.807) is 42.5 Å². The molecule has 4 N–H and O–H groups in total. The molecule has 6 heteroatoms. The smallest absolute Gasteiger partial charge is 0.251 e. The molecule has 0 fully saturated rings. The van der Waals surface area contributed by atoms with E-state index in [4.69, 9.17) is 17.3 Å². The summed E-state index contributed by atoms with van der Waals surface area (Å²) in [6.45, 7) is 0.108. The normalized spacial score (nSPS) is 12.0. The summed E-state index contributed by atoms with van der Waals surface area (Å²) in [5, 5.41) is 13.1. The van der Waals surface area contributed by atoms with Crippen LogP contribution in [0.25, 0.3) is 0 Å². The molecular formula is C15H14BrClN2O2. The minimum atomic E-state index is -0.791. The average Bonchev–Trinajstić information content (AvgIpc) is 2.48. The first-order valence-corrected chi connectivity index (χ1v) is 7.41. The molecule has 0 radical (unpaired) electrons. The Kier molecular flexibility index (Phi) is 5.22. The molecule has 0 aliphatic heterocycles. The van der Waals surface area contributed by atoms with Crippen LogP contribution >= 0.6 is 27.5 Å². The lowest BCUT2D eigenvalue weighted by molar-refractivity contribution is 0.0916. The number of nitrogens with one attached hydrogen (secondary N) is 1. The first-order chi connectivity index (χ1) is 9.97. The van der Waals surface area contributed by atoms with Gasteiger partial charge in [-0.2, -0.15) is 0 Å². The maximum Gasteiger partial charge on any atom is 0.251 e. The summed E-state index contributed by atoms with van der Waals surface area (Å²) in [4.78, 5) is 12.0. The van der Waals surface area contributed by atoms with E-state index in [-0.39, 0.29) is 12.5 Å². The van der Waals surface area contributed by atoms with Crippen LogP contribution in [0, 0.1) is 0 Å². The van der Waals surface area contributed by atoms with Gasteiger partial charge in [0.25, 0.3) is 5.91 Å². The maximum absolute atomic E-state index is 12.0. The van der Waals surface area contributed by atoms with Gasteiger partial charge in [-0.25, -0.2) is 0 Å². The number of carbonyl (C=O) groups is 1. The molecule has 21 heavy (non-hydrogen) atoms. The molecule has 1 unspecified atom stereocenters. The second-order valence-corrected chi connectivity index (χ2v) is 5.78. The largest absolute Gasteiger partial charge is 0.399 e. The molecule has 0 spiro atoms. The van der Waals surface area contributed by atoms with Gasteiger partial charge in [-0.15, -0.1) is 0 Å². The van der Waals surface area contributed by atoms with Crippen LogP contribution in [0.5, 0.6) is 0 Å². The highest BCUT2D eigenvalue weighted by Crippen LogP contribution is 2.23. The zero-order valence-corrected chi connectivity index (χ0v) is 13.4. The third-order valence-corrected chi connectivity index (χ3v) is 4.19. The predicted octanol–water partition coefficient (Wildman–Crippen LogP) is 3.15. The first kappa shape index (κ1) is 15.8. The van der Waals surface area contributed by atoms with Crippen LogP contribution in [0.3, 0.4) is 0 Å². The SMILES string of the molecule is Nc1ccc(C(O)CNC(=O)c2ccc(Br)c(Cl)c2)cc1. The maximum atomic E-state index is 12.0. The van der Waals surface area contributed by atoms with Crippen molar-refractivity contribution in [1.82, 2.24) is 5.32 Å². The highest BCUT2D eigenvalue weighted by Gasteiger charge is 2.11. The van der Waals surface area contributed by atoms with Crippen LogP contribution in [-0.4, -0.2) is 17.6 Å². The van der Waals surface area contributed by atoms with Crippen molar-refractivity contribution in [2.24, 2.45) is 0 Å². The number of carbonyl (C=O) groups excluding carboxylic acids is 1. The summed E-state index contributed by atoms with van der Waals surface area (Å²) in [6, 6.07) is 11.8. The molecule has 0 bridgehead atoms. The third kappa shape index (κ3) is 4.20. The molecule has 0 aromatic heterocycles. The first-order valence-electron chi connectivity index (χ1n) is 6.24. The average molecular weight is 370 g/mol. The lowest BCUT2D eigenvalue weighted by atomic mass is 10.1. The van der Waals surface area contributed by atoms with Crippen LogP contribution in [0.4, 0.5) is 5.69 Å². The van der Waals surface area contributed by atoms with Gasteiger partial charge in [-0.1, -0.05) is 23.7 Å². The monoisotopic (exact) mass is 368 g/mol. The van der Waals surface area contributed by atoms with Gasteiger partial charge >= 0.3 is 0 Å². The van der Waals surface area contributed by atoms with E-state index in [9.17, 15) is 9.90 Å². The Labute approximate surface area is 136 Å². The minimum Gasteiger partial charge on any atom is -0.399 e. The van der Waals surface area contributed by atoms with Crippen molar-refractivity contribution in [1.29, 1.82) is 0 Å². The van der Waals surface area contributed by atoms with Gasteiger partial charge in [0.15, 0.2) is 0 Å². The number of benzene rings is 2. The molecule has 0 saturated carbocycles. The number of halogens is 2. The van der Waals surface area contributed by atoms with E-state index < -0.39 is 6.10 Å². The molecule has 0 heterocycles. The van der Waals surface area contributed by atoms with Crippen LogP contribution in [0.2, 0.25) is 5.02 Å². The zero-order valence-electron chi connectivity index (χ0n) is 11.0. The number of anilines is 1. The summed E-state index contributed by atoms with van der Waals surface area (Å²) in [5.41, 5.74) is 7.34. The van der Waals surface area contributed by atoms with E-state index in [1.165, 1.54) is 0 Å². The highest BCUT2D eigenvalue weighted by molar-refractivity contribution is 9.10. The highest BCUT2D eigenvalue weighted by atomic mass is 79.9. The molecule has 0 aliphatic rings. The van der Waals surface area contributed by atoms with E-state index in [2.05, 4.69) is 21.2 Å². The summed E-state index contributed by atoms with van der Waals surface area (Å²) in [6.07, 6.45) is -0.791. The number of rotatable bonds is 4. The number of amides is 1. The Balaban J connectivity index is 1.97. The quantitative estimate of drug-likeness (QED) is 0.725. The van der Waals surface area contributed by atoms with Crippen LogP contribution < -0.4 is 11.1 Å². The van der Waals surface area contributed by atoms with Crippen molar-refractivity contribution in [2.75, 3.05) is 12.3 Å². The number of nitrogens with two attached hydrogens (primary N) is 1. The van der Waals surface area contributed by atoms with Crippen molar-refractivity contribution < 1.29 is 9.90 Å². The summed E-state index contributed by atoms with van der Waals surface area (Å²) in [7, 11) is 0. The lowest BCUT2D eigenvalue weighted by Gasteiger charge is -2.12. The number of hydrogen-bond donors (Lipinski definition) is 3. The second kappa shape index (κ2) is 6.93. The summed E-state index contributed by atoms with van der Waals surface area (Å²) in [5.74, 6) is -0.293. The number of hydrogen-bond acceptors (Lipinski definition) is 3. The third-order valence-electron chi connectivity index (χ3n) is 2.96. The Bertz CT molecular complexity index is 647. The van der Waals surface area contributed by atoms with E-state index in [0.29, 0.717) is 21.8 Å². The fraction of sp³-hybridized carbons (Fsp3) is 0.133. The molecular weight excluding hydrogens is 356 g/mol. The molecule has 2 aromatic carbocycles. The number of aliphatic hydroxyl groups excluding tert-OH is 1. The van der Waals surface area contributed by atoms with Crippen molar-refractivity contribution in [2.45, 2.75) is 6.10 Å². The molecule has 2 rings (SSSR count). The van der Waals surface area contributed by atoms with Crippen molar-refractivity contribution in [3.8, 4) is 0 Å². The number of aliphatic hydroxyl groups is 1. The molecule has 2 aromatic rings. The van der Waals surface area contributed by atoms with Crippen LogP contribution in [0.1, 0.15) is 22.0 Å². The Morgan fingerprint density at radius 2 is 1.95 bits per heavy atom. The Morgan fingerprint density at radius 3 is 2.57 bits per heavy atom. The molecule has 4 nitrogen and oxygen atoms in total. The molecule has 0 aliphatic carbocycles. The van der Waals surface area contributed by atoms with E-state index >= 15 is 0 Å². The van der Waals surface area contributed by atoms with Crippen molar-refractivity contribution in [3.63, 3.8) is 0 Å².